The van der Waals surface area contributed by atoms with Crippen molar-refractivity contribution in [1.82, 2.24) is 30.7 Å². The van der Waals surface area contributed by atoms with Gasteiger partial charge in [0.1, 0.15) is 5.69 Å². The number of hydrazone groups is 1. The number of nitrogens with one attached hydrogen (secondary N) is 3. The fourth-order valence-electron chi connectivity index (χ4n) is 4.41. The van der Waals surface area contributed by atoms with Gasteiger partial charge in [-0.15, -0.1) is 0 Å². The minimum absolute atomic E-state index is 0.0631. The number of carbonyl (C=O) groups excluding carboxylic acids is 4. The Bertz CT molecular complexity index is 1290. The van der Waals surface area contributed by atoms with Crippen LogP contribution in [0.25, 0.3) is 0 Å². The van der Waals surface area contributed by atoms with E-state index in [9.17, 15) is 29.4 Å². The molecule has 3 aliphatic rings. The van der Waals surface area contributed by atoms with Crippen LogP contribution in [0.4, 0.5) is 0 Å². The van der Waals surface area contributed by atoms with Gasteiger partial charge < -0.3 is 45.4 Å². The third-order valence-corrected chi connectivity index (χ3v) is 6.66. The van der Waals surface area contributed by atoms with Crippen molar-refractivity contribution in [1.29, 1.82) is 0 Å². The summed E-state index contributed by atoms with van der Waals surface area (Å²) in [4.78, 5) is 48.3. The fourth-order valence-corrected chi connectivity index (χ4v) is 4.53. The molecule has 16 nitrogen and oxygen atoms in total. The number of amides is 2. The zero-order valence-electron chi connectivity index (χ0n) is 28.0. The van der Waals surface area contributed by atoms with Crippen molar-refractivity contribution in [3.8, 4) is 0 Å². The van der Waals surface area contributed by atoms with Crippen molar-refractivity contribution in [2.24, 2.45) is 5.10 Å². The van der Waals surface area contributed by atoms with Crippen LogP contribution < -0.4 is 16.1 Å². The van der Waals surface area contributed by atoms with E-state index in [1.54, 1.807) is 41.5 Å². The van der Waals surface area contributed by atoms with Gasteiger partial charge in [0.25, 0.3) is 11.8 Å². The summed E-state index contributed by atoms with van der Waals surface area (Å²) in [6.07, 6.45) is 3.49. The first kappa shape index (κ1) is 39.4. The molecule has 0 unspecified atom stereocenters. The lowest BCUT2D eigenvalue weighted by Gasteiger charge is -2.31. The van der Waals surface area contributed by atoms with Crippen molar-refractivity contribution >= 4 is 40.5 Å². The van der Waals surface area contributed by atoms with Crippen LogP contribution in [0.15, 0.2) is 16.9 Å². The number of hydrogen-bond acceptors (Lipinski definition) is 13. The predicted octanol–water partition coefficient (Wildman–Crippen LogP) is 0.301. The average molecular weight is 686 g/mol. The fraction of sp³-hybridized carbons (Fsp3) is 0.667. The zero-order chi connectivity index (χ0) is 35.2. The van der Waals surface area contributed by atoms with E-state index < -0.39 is 23.1 Å². The number of aromatic nitrogens is 2. The molecule has 264 valence electrons. The largest absolute Gasteiger partial charge is 0.461 e. The second-order valence-electron chi connectivity index (χ2n) is 11.9. The Kier molecular flexibility index (Phi) is 15.6. The lowest BCUT2D eigenvalue weighted by Crippen LogP contribution is -2.43. The SMILES string of the molecule is CCOC(=O)/C(Cl)=N/NCC(C)(C)O.CCOC(=O)c1nn(CC(C)(C)O)c2c1CCNC2=O.O=C1NCCC=C1N1CCOCC1. The van der Waals surface area contributed by atoms with Gasteiger partial charge in [-0.25, -0.2) is 9.59 Å². The smallest absolute Gasteiger partial charge is 0.370 e. The van der Waals surface area contributed by atoms with E-state index in [2.05, 4.69) is 35.9 Å². The van der Waals surface area contributed by atoms with E-state index in [0.29, 0.717) is 24.2 Å². The van der Waals surface area contributed by atoms with Gasteiger partial charge in [0.2, 0.25) is 5.17 Å². The van der Waals surface area contributed by atoms with E-state index in [0.717, 1.165) is 45.0 Å². The number of morpholine rings is 1. The summed E-state index contributed by atoms with van der Waals surface area (Å²) in [5.74, 6) is -1.43. The van der Waals surface area contributed by atoms with E-state index in [1.165, 1.54) is 4.68 Å². The molecule has 0 radical (unpaired) electrons. The van der Waals surface area contributed by atoms with E-state index in [1.807, 2.05) is 6.08 Å². The molecule has 0 aromatic carbocycles. The normalized spacial score (nSPS) is 16.6. The first-order chi connectivity index (χ1) is 22.1. The van der Waals surface area contributed by atoms with Crippen LogP contribution >= 0.6 is 11.6 Å². The van der Waals surface area contributed by atoms with Crippen LogP contribution in [0.1, 0.15) is 74.5 Å². The van der Waals surface area contributed by atoms with Crippen molar-refractivity contribution in [2.75, 3.05) is 59.2 Å². The number of nitrogens with zero attached hydrogens (tertiary/aromatic N) is 4. The van der Waals surface area contributed by atoms with Crippen LogP contribution in [0, 0.1) is 0 Å². The van der Waals surface area contributed by atoms with E-state index >= 15 is 0 Å². The number of halogens is 1. The Morgan fingerprint density at radius 3 is 2.26 bits per heavy atom. The molecule has 0 aliphatic carbocycles. The van der Waals surface area contributed by atoms with Crippen LogP contribution in [-0.2, 0) is 36.8 Å². The summed E-state index contributed by atoms with van der Waals surface area (Å²) in [5, 5.41) is 32.1. The van der Waals surface area contributed by atoms with Gasteiger partial charge in [0.05, 0.1) is 56.4 Å². The van der Waals surface area contributed by atoms with Crippen LogP contribution in [0.5, 0.6) is 0 Å². The highest BCUT2D eigenvalue weighted by atomic mass is 35.5. The van der Waals surface area contributed by atoms with Gasteiger partial charge >= 0.3 is 11.9 Å². The van der Waals surface area contributed by atoms with Crippen molar-refractivity contribution in [3.05, 3.63) is 28.7 Å². The number of aliphatic hydroxyl groups is 2. The molecule has 4 rings (SSSR count). The molecule has 0 bridgehead atoms. The van der Waals surface area contributed by atoms with Gasteiger partial charge in [-0.1, -0.05) is 17.7 Å². The van der Waals surface area contributed by atoms with Crippen LogP contribution in [0.3, 0.4) is 0 Å². The Labute approximate surface area is 279 Å². The number of hydrogen-bond donors (Lipinski definition) is 5. The number of esters is 2. The maximum Gasteiger partial charge on any atom is 0.370 e. The summed E-state index contributed by atoms with van der Waals surface area (Å²) in [6, 6.07) is 0. The minimum atomic E-state index is -1.04. The Balaban J connectivity index is 0.000000253. The molecule has 3 aliphatic heterocycles. The molecule has 0 saturated carbocycles. The first-order valence-electron chi connectivity index (χ1n) is 15.5. The molecule has 1 fully saturated rings. The van der Waals surface area contributed by atoms with Crippen molar-refractivity contribution in [3.63, 3.8) is 0 Å². The zero-order valence-corrected chi connectivity index (χ0v) is 28.7. The Morgan fingerprint density at radius 1 is 1.04 bits per heavy atom. The minimum Gasteiger partial charge on any atom is -0.461 e. The predicted molar refractivity (Wildman–Crippen MR) is 173 cm³/mol. The molecular weight excluding hydrogens is 638 g/mol. The topological polar surface area (TPSA) is 206 Å². The van der Waals surface area contributed by atoms with Gasteiger partial charge in [-0.05, 0) is 54.4 Å². The number of carbonyl (C=O) groups is 4. The standard InChI is InChI=1S/C13H19N3O4.C9H14N2O2.C8H15ClN2O3/c1-4-20-12(18)9-8-5-6-14-11(17)10(8)16(15-9)7-13(2,3)19;12-9-8(2-1-3-10-9)11-4-6-13-7-5-11;1-4-14-7(12)6(9)11-10-5-8(2,3)13/h19H,4-7H2,1-3H3,(H,14,17);2H,1,3-7H2,(H,10,12);10,13H,4-5H2,1-3H3/b;;11-6-. The molecule has 1 aromatic rings. The van der Waals surface area contributed by atoms with Crippen molar-refractivity contribution < 1.29 is 43.6 Å². The summed E-state index contributed by atoms with van der Waals surface area (Å²) in [7, 11) is 0. The molecule has 1 aromatic heterocycles. The van der Waals surface area contributed by atoms with Gasteiger partial charge in [-0.2, -0.15) is 10.2 Å². The van der Waals surface area contributed by atoms with Crippen LogP contribution in [0.2, 0.25) is 0 Å². The third-order valence-electron chi connectivity index (χ3n) is 6.42. The number of ether oxygens (including phenoxy) is 3. The highest BCUT2D eigenvalue weighted by Gasteiger charge is 2.32. The molecule has 47 heavy (non-hydrogen) atoms. The van der Waals surface area contributed by atoms with Gasteiger partial charge in [0, 0.05) is 31.7 Å². The molecule has 0 spiro atoms. The summed E-state index contributed by atoms with van der Waals surface area (Å²) in [6.45, 7) is 15.0. The second kappa shape index (κ2) is 18.6. The molecule has 5 N–H and O–H groups in total. The number of fused-ring (bicyclic) bond motifs is 1. The van der Waals surface area contributed by atoms with Crippen molar-refractivity contribution in [2.45, 2.75) is 72.1 Å². The lowest BCUT2D eigenvalue weighted by molar-refractivity contribution is -0.134. The third kappa shape index (κ3) is 13.5. The maximum atomic E-state index is 12.0. The monoisotopic (exact) mass is 685 g/mol. The van der Waals surface area contributed by atoms with Gasteiger partial charge in [0.15, 0.2) is 5.69 Å². The highest BCUT2D eigenvalue weighted by molar-refractivity contribution is 6.81. The molecular formula is C30H48ClN7O9. The second-order valence-corrected chi connectivity index (χ2v) is 12.2. The first-order valence-corrected chi connectivity index (χ1v) is 15.9. The molecule has 1 saturated heterocycles. The average Bonchev–Trinajstić information content (AvgIpc) is 3.36. The summed E-state index contributed by atoms with van der Waals surface area (Å²) in [5.41, 5.74) is 2.45. The van der Waals surface area contributed by atoms with E-state index in [-0.39, 0.29) is 49.0 Å². The highest BCUT2D eigenvalue weighted by Crippen LogP contribution is 2.21. The molecule has 0 atom stereocenters. The molecule has 4 heterocycles. The number of rotatable bonds is 10. The lowest BCUT2D eigenvalue weighted by atomic mass is 10.0. The molecule has 17 heteroatoms. The quantitative estimate of drug-likeness (QED) is 0.128. The van der Waals surface area contributed by atoms with Gasteiger partial charge in [-0.3, -0.25) is 14.3 Å². The molecule has 2 amide bonds. The van der Waals surface area contributed by atoms with Crippen LogP contribution in [-0.4, -0.2) is 124 Å². The Morgan fingerprint density at radius 2 is 1.68 bits per heavy atom. The summed E-state index contributed by atoms with van der Waals surface area (Å²) >= 11 is 5.47. The Hall–Kier alpha value is -3.73. The maximum absolute atomic E-state index is 12.0. The summed E-state index contributed by atoms with van der Waals surface area (Å²) < 4.78 is 16.2. The van der Waals surface area contributed by atoms with E-state index in [4.69, 9.17) is 21.1 Å².